The van der Waals surface area contributed by atoms with Crippen molar-refractivity contribution in [3.8, 4) is 27.9 Å². The van der Waals surface area contributed by atoms with Crippen molar-refractivity contribution in [2.24, 2.45) is 0 Å². The van der Waals surface area contributed by atoms with Gasteiger partial charge < -0.3 is 14.8 Å². The van der Waals surface area contributed by atoms with Gasteiger partial charge in [0.25, 0.3) is 0 Å². The van der Waals surface area contributed by atoms with E-state index in [1.165, 1.54) is 11.8 Å². The number of halogens is 1. The van der Waals surface area contributed by atoms with Gasteiger partial charge in [0, 0.05) is 12.4 Å². The van der Waals surface area contributed by atoms with Gasteiger partial charge in [-0.25, -0.2) is 4.98 Å². The Bertz CT molecular complexity index is 1260. The van der Waals surface area contributed by atoms with E-state index in [1.807, 2.05) is 53.1 Å². The van der Waals surface area contributed by atoms with Crippen LogP contribution in [-0.4, -0.2) is 30.2 Å². The molecule has 0 saturated heterocycles. The molecule has 0 fully saturated rings. The number of thiocyanates is 1. The van der Waals surface area contributed by atoms with Gasteiger partial charge in [-0.1, -0.05) is 73.5 Å². The molecule has 0 bridgehead atoms. The number of nitriles is 1. The minimum Gasteiger partial charge on any atom is -0.390 e. The summed E-state index contributed by atoms with van der Waals surface area (Å²) in [4.78, 5) is 4.49. The first-order chi connectivity index (χ1) is 16.2. The van der Waals surface area contributed by atoms with Crippen molar-refractivity contribution in [1.29, 1.82) is 5.26 Å². The number of hydrogen-bond acceptors (Lipinski definition) is 7. The molecule has 4 rings (SSSR count). The minimum absolute atomic E-state index is 0. The summed E-state index contributed by atoms with van der Waals surface area (Å²) in [6.07, 6.45) is 1.70. The van der Waals surface area contributed by atoms with E-state index in [2.05, 4.69) is 37.9 Å². The zero-order chi connectivity index (χ0) is 23.2. The molecule has 168 valence electrons. The summed E-state index contributed by atoms with van der Waals surface area (Å²) in [6, 6.07) is 16.0. The van der Waals surface area contributed by atoms with Crippen LogP contribution in [0.15, 0.2) is 48.5 Å². The van der Waals surface area contributed by atoms with E-state index in [0.29, 0.717) is 23.9 Å². The number of aromatic nitrogens is 6. The Morgan fingerprint density at radius 3 is 2.53 bits per heavy atom. The molecule has 0 aliphatic rings. The van der Waals surface area contributed by atoms with Crippen LogP contribution in [0.25, 0.3) is 22.5 Å². The summed E-state index contributed by atoms with van der Waals surface area (Å²) in [5, 5.41) is 36.6. The number of aliphatic hydroxyl groups is 1. The van der Waals surface area contributed by atoms with Crippen LogP contribution in [0.5, 0.6) is 0 Å². The van der Waals surface area contributed by atoms with Crippen molar-refractivity contribution in [2.45, 2.75) is 38.2 Å². The Kier molecular flexibility index (Phi) is 10.3. The maximum absolute atomic E-state index is 9.91. The summed E-state index contributed by atoms with van der Waals surface area (Å²) >= 11 is 7.50. The fraction of sp³-hybridized carbons (Fsp3) is 0.261. The van der Waals surface area contributed by atoms with Gasteiger partial charge in [0.1, 0.15) is 11.2 Å². The van der Waals surface area contributed by atoms with E-state index >= 15 is 0 Å². The maximum Gasteiger partial charge on any atom is 1.00 e. The summed E-state index contributed by atoms with van der Waals surface area (Å²) in [5.41, 5.74) is 4.42. The second-order valence-electron chi connectivity index (χ2n) is 7.38. The van der Waals surface area contributed by atoms with E-state index in [-0.39, 0.29) is 68.4 Å². The molecule has 1 unspecified atom stereocenters. The molecule has 2 aromatic carbocycles. The van der Waals surface area contributed by atoms with E-state index < -0.39 is 0 Å². The molecular formula is C23H21ClKN7OS. The number of imidazole rings is 1. The van der Waals surface area contributed by atoms with Gasteiger partial charge in [-0.3, -0.25) is 10.3 Å². The van der Waals surface area contributed by atoms with Crippen molar-refractivity contribution >= 4 is 23.4 Å². The molecule has 34 heavy (non-hydrogen) atoms. The third-order valence-corrected chi connectivity index (χ3v) is 6.47. The van der Waals surface area contributed by atoms with Crippen LogP contribution < -0.4 is 56.5 Å². The van der Waals surface area contributed by atoms with Crippen LogP contribution in [0.2, 0.25) is 5.15 Å². The van der Waals surface area contributed by atoms with Crippen LogP contribution in [-0.2, 0) is 13.2 Å². The summed E-state index contributed by atoms with van der Waals surface area (Å²) < 4.78 is 1.92. The Balaban J connectivity index is 0.00000324. The molecule has 0 aliphatic carbocycles. The quantitative estimate of drug-likeness (QED) is 0.263. The van der Waals surface area contributed by atoms with Crippen molar-refractivity contribution in [3.05, 3.63) is 70.8 Å². The minimum atomic E-state index is -0.227. The number of rotatable bonds is 9. The number of nitrogens with zero attached hydrogens (tertiary/aromatic N) is 7. The largest absolute Gasteiger partial charge is 1.00 e. The first-order valence-electron chi connectivity index (χ1n) is 10.4. The molecular weight excluding hydrogens is 497 g/mol. The van der Waals surface area contributed by atoms with Gasteiger partial charge in [0.05, 0.1) is 17.6 Å². The summed E-state index contributed by atoms with van der Waals surface area (Å²) in [7, 11) is 0. The van der Waals surface area contributed by atoms with Gasteiger partial charge in [-0.05, 0) is 40.4 Å². The van der Waals surface area contributed by atoms with Crippen molar-refractivity contribution in [2.75, 3.05) is 0 Å². The first kappa shape index (κ1) is 27.0. The molecule has 8 nitrogen and oxygen atoms in total. The number of tetrazole rings is 1. The van der Waals surface area contributed by atoms with Gasteiger partial charge >= 0.3 is 51.4 Å². The average molecular weight is 518 g/mol. The molecule has 0 amide bonds. The molecule has 2 heterocycles. The predicted octanol–water partition coefficient (Wildman–Crippen LogP) is 1.61. The molecule has 4 aromatic rings. The number of thioether (sulfide) groups is 1. The Labute approximate surface area is 249 Å². The maximum atomic E-state index is 9.91. The topological polar surface area (TPSA) is 115 Å². The molecule has 0 radical (unpaired) electrons. The molecule has 1 atom stereocenters. The second kappa shape index (κ2) is 12.9. The van der Waals surface area contributed by atoms with Crippen LogP contribution >= 0.6 is 23.4 Å². The zero-order valence-electron chi connectivity index (χ0n) is 18.9. The van der Waals surface area contributed by atoms with Crippen molar-refractivity contribution in [3.63, 3.8) is 0 Å². The second-order valence-corrected chi connectivity index (χ2v) is 8.73. The van der Waals surface area contributed by atoms with Gasteiger partial charge in [-0.2, -0.15) is 10.5 Å². The predicted molar refractivity (Wildman–Crippen MR) is 127 cm³/mol. The van der Waals surface area contributed by atoms with Crippen LogP contribution in [0.3, 0.4) is 0 Å². The number of hydrogen-bond donors (Lipinski definition) is 1. The van der Waals surface area contributed by atoms with Crippen LogP contribution in [0.4, 0.5) is 0 Å². The monoisotopic (exact) mass is 517 g/mol. The third kappa shape index (κ3) is 5.98. The van der Waals surface area contributed by atoms with Crippen LogP contribution in [0.1, 0.15) is 42.1 Å². The number of benzene rings is 2. The molecule has 0 spiro atoms. The van der Waals surface area contributed by atoms with E-state index in [4.69, 9.17) is 11.6 Å². The molecule has 0 saturated carbocycles. The van der Waals surface area contributed by atoms with Gasteiger partial charge in [-0.15, -0.1) is 0 Å². The third-order valence-electron chi connectivity index (χ3n) is 5.33. The summed E-state index contributed by atoms with van der Waals surface area (Å²) in [5.74, 6) is 1.19. The van der Waals surface area contributed by atoms with E-state index in [1.54, 1.807) is 0 Å². The Hall–Kier alpha value is -1.55. The van der Waals surface area contributed by atoms with Crippen LogP contribution in [0, 0.1) is 10.7 Å². The molecule has 0 aliphatic heterocycles. The molecule has 2 aromatic heterocycles. The standard InChI is InChI=1S/C23H21ClN7OS.K/c1-2-5-20(33-14-25)23-26-21(24)19(13-32)31(23)12-15-8-10-16(11-9-15)17-6-3-4-7-18(17)22-27-29-30-28-22;/h3-4,6-11,20,32H,2,5,12-13H2,1H3;/q-1;+1. The molecule has 11 heteroatoms. The Morgan fingerprint density at radius 2 is 1.91 bits per heavy atom. The summed E-state index contributed by atoms with van der Waals surface area (Å²) in [6.45, 7) is 2.32. The Morgan fingerprint density at radius 1 is 1.18 bits per heavy atom. The smallest absolute Gasteiger partial charge is 0.390 e. The normalized spacial score (nSPS) is 11.6. The zero-order valence-corrected chi connectivity index (χ0v) is 23.6. The fourth-order valence-corrected chi connectivity index (χ4v) is 4.78. The number of aliphatic hydroxyl groups excluding tert-OH is 1. The first-order valence-corrected chi connectivity index (χ1v) is 11.7. The van der Waals surface area contributed by atoms with E-state index in [0.717, 1.165) is 35.1 Å². The van der Waals surface area contributed by atoms with Gasteiger partial charge in [0.2, 0.25) is 0 Å². The average Bonchev–Trinajstić information content (AvgIpc) is 3.48. The fourth-order valence-electron chi connectivity index (χ4n) is 3.77. The van der Waals surface area contributed by atoms with Crippen molar-refractivity contribution in [1.82, 2.24) is 30.2 Å². The SMILES string of the molecule is CCCC(SC#N)c1nc(Cl)c(CO)n1Cc1ccc(-c2ccccc2-c2nnn[n-]2)cc1.[K+]. The van der Waals surface area contributed by atoms with Crippen molar-refractivity contribution < 1.29 is 56.5 Å². The van der Waals surface area contributed by atoms with E-state index in [9.17, 15) is 10.4 Å². The molecule has 1 N–H and O–H groups in total. The van der Waals surface area contributed by atoms with Gasteiger partial charge in [0.15, 0.2) is 5.15 Å².